The number of hydrogen-bond donors (Lipinski definition) is 2. The van der Waals surface area contributed by atoms with Gasteiger partial charge in [-0.3, -0.25) is 14.6 Å². The van der Waals surface area contributed by atoms with E-state index in [9.17, 15) is 18.8 Å². The molecule has 0 atom stereocenters. The lowest BCUT2D eigenvalue weighted by Crippen LogP contribution is -2.32. The van der Waals surface area contributed by atoms with E-state index < -0.39 is 28.6 Å². The van der Waals surface area contributed by atoms with Crippen LogP contribution in [-0.2, 0) is 9.53 Å². The summed E-state index contributed by atoms with van der Waals surface area (Å²) in [5.74, 6) is -2.24. The number of aromatic amines is 1. The van der Waals surface area contributed by atoms with E-state index in [4.69, 9.17) is 10.5 Å². The van der Waals surface area contributed by atoms with Crippen molar-refractivity contribution in [1.29, 1.82) is 0 Å². The molecule has 204 valence electrons. The highest BCUT2D eigenvalue weighted by atomic mass is 19.1. The summed E-state index contributed by atoms with van der Waals surface area (Å²) in [5.41, 5.74) is 5.03. The standard InChI is InChI=1S/C28H29F2N5O4/c1-5-39-22(36)12-13-34(4)21-11-6-8-16(15(2)3)25(21)35-26-17(27(37)33-28(35)38)14-19(30)24(32-26)23-18(29)9-7-10-20(23)31/h6-11,14-15H,5,12-13,31H2,1-4H3,(H,33,37,38). The highest BCUT2D eigenvalue weighted by Gasteiger charge is 2.24. The molecule has 0 aliphatic heterocycles. The van der Waals surface area contributed by atoms with Crippen molar-refractivity contribution >= 4 is 28.4 Å². The van der Waals surface area contributed by atoms with Crippen LogP contribution in [0.2, 0.25) is 0 Å². The molecule has 4 rings (SSSR count). The maximum absolute atomic E-state index is 15.3. The molecule has 3 N–H and O–H groups in total. The molecule has 2 aromatic heterocycles. The summed E-state index contributed by atoms with van der Waals surface area (Å²) >= 11 is 0. The Labute approximate surface area is 222 Å². The van der Waals surface area contributed by atoms with Crippen molar-refractivity contribution in [2.24, 2.45) is 0 Å². The third kappa shape index (κ3) is 5.25. The molecule has 0 saturated heterocycles. The average molecular weight is 538 g/mol. The van der Waals surface area contributed by atoms with Crippen LogP contribution in [0, 0.1) is 11.6 Å². The summed E-state index contributed by atoms with van der Waals surface area (Å²) in [5, 5.41) is -0.204. The number of fused-ring (bicyclic) bond motifs is 1. The van der Waals surface area contributed by atoms with Gasteiger partial charge in [0.2, 0.25) is 0 Å². The number of benzene rings is 2. The first kappa shape index (κ1) is 27.5. The molecule has 4 aromatic rings. The monoisotopic (exact) mass is 537 g/mol. The molecule has 2 heterocycles. The summed E-state index contributed by atoms with van der Waals surface area (Å²) in [4.78, 5) is 46.5. The number of nitrogens with zero attached hydrogens (tertiary/aromatic N) is 3. The molecule has 39 heavy (non-hydrogen) atoms. The number of rotatable bonds is 8. The SMILES string of the molecule is CCOC(=O)CCN(C)c1cccc(C(C)C)c1-n1c(=O)[nH]c(=O)c2cc(F)c(-c3c(N)cccc3F)nc21. The summed E-state index contributed by atoms with van der Waals surface area (Å²) in [6.45, 7) is 6.10. The Balaban J connectivity index is 2.05. The number of ether oxygens (including phenoxy) is 1. The van der Waals surface area contributed by atoms with Gasteiger partial charge in [0.15, 0.2) is 11.5 Å². The molecular formula is C28H29F2N5O4. The van der Waals surface area contributed by atoms with Gasteiger partial charge in [0.05, 0.1) is 35.4 Å². The smallest absolute Gasteiger partial charge is 0.334 e. The van der Waals surface area contributed by atoms with Crippen LogP contribution in [0.1, 0.15) is 38.7 Å². The van der Waals surface area contributed by atoms with E-state index >= 15 is 4.39 Å². The Morgan fingerprint density at radius 1 is 1.15 bits per heavy atom. The van der Waals surface area contributed by atoms with Gasteiger partial charge in [0.25, 0.3) is 5.56 Å². The number of esters is 1. The van der Waals surface area contributed by atoms with Crippen LogP contribution in [0.25, 0.3) is 28.0 Å². The third-order valence-electron chi connectivity index (χ3n) is 6.38. The van der Waals surface area contributed by atoms with Crippen molar-refractivity contribution < 1.29 is 18.3 Å². The predicted octanol–water partition coefficient (Wildman–Crippen LogP) is 4.11. The van der Waals surface area contributed by atoms with Crippen molar-refractivity contribution in [2.45, 2.75) is 33.1 Å². The van der Waals surface area contributed by atoms with Crippen molar-refractivity contribution in [3.63, 3.8) is 0 Å². The first-order valence-electron chi connectivity index (χ1n) is 12.4. The largest absolute Gasteiger partial charge is 0.466 e. The molecule has 0 bridgehead atoms. The molecule has 0 radical (unpaired) electrons. The number of anilines is 2. The molecule has 0 saturated carbocycles. The molecule has 0 aliphatic rings. The summed E-state index contributed by atoms with van der Waals surface area (Å²) < 4.78 is 36.2. The number of para-hydroxylation sites is 1. The second-order valence-corrected chi connectivity index (χ2v) is 9.33. The molecule has 11 heteroatoms. The van der Waals surface area contributed by atoms with Gasteiger partial charge >= 0.3 is 11.7 Å². The van der Waals surface area contributed by atoms with Gasteiger partial charge in [-0.25, -0.2) is 23.1 Å². The minimum Gasteiger partial charge on any atom is -0.466 e. The fourth-order valence-electron chi connectivity index (χ4n) is 4.49. The maximum Gasteiger partial charge on any atom is 0.334 e. The number of halogens is 2. The Hall–Kier alpha value is -4.54. The normalized spacial score (nSPS) is 11.3. The molecule has 0 amide bonds. The first-order chi connectivity index (χ1) is 18.5. The Bertz CT molecular complexity index is 1660. The van der Waals surface area contributed by atoms with Crippen LogP contribution in [0.5, 0.6) is 0 Å². The van der Waals surface area contributed by atoms with Crippen molar-refractivity contribution in [1.82, 2.24) is 14.5 Å². The lowest BCUT2D eigenvalue weighted by molar-refractivity contribution is -0.142. The number of nitrogens with one attached hydrogen (secondary N) is 1. The predicted molar refractivity (Wildman–Crippen MR) is 146 cm³/mol. The van der Waals surface area contributed by atoms with Crippen LogP contribution in [0.4, 0.5) is 20.2 Å². The molecule has 0 fully saturated rings. The van der Waals surface area contributed by atoms with Crippen LogP contribution in [0.15, 0.2) is 52.1 Å². The zero-order valence-electron chi connectivity index (χ0n) is 22.0. The van der Waals surface area contributed by atoms with Gasteiger partial charge in [0, 0.05) is 19.3 Å². The summed E-state index contributed by atoms with van der Waals surface area (Å²) in [6.07, 6.45) is 0.0944. The zero-order valence-corrected chi connectivity index (χ0v) is 22.0. The van der Waals surface area contributed by atoms with E-state index in [1.165, 1.54) is 16.7 Å². The number of nitrogens with two attached hydrogens (primary N) is 1. The number of carbonyl (C=O) groups is 1. The van der Waals surface area contributed by atoms with E-state index in [2.05, 4.69) is 9.97 Å². The van der Waals surface area contributed by atoms with Crippen LogP contribution < -0.4 is 21.9 Å². The van der Waals surface area contributed by atoms with Gasteiger partial charge in [0.1, 0.15) is 11.5 Å². The number of nitrogen functional groups attached to an aromatic ring is 1. The number of carbonyl (C=O) groups excluding carboxylic acids is 1. The van der Waals surface area contributed by atoms with Crippen LogP contribution >= 0.6 is 0 Å². The average Bonchev–Trinajstić information content (AvgIpc) is 2.88. The second-order valence-electron chi connectivity index (χ2n) is 9.33. The molecular weight excluding hydrogens is 508 g/mol. The van der Waals surface area contributed by atoms with E-state index in [1.807, 2.05) is 26.0 Å². The van der Waals surface area contributed by atoms with Crippen LogP contribution in [0.3, 0.4) is 0 Å². The highest BCUT2D eigenvalue weighted by Crippen LogP contribution is 2.34. The number of aromatic nitrogens is 3. The Morgan fingerprint density at radius 3 is 2.54 bits per heavy atom. The topological polar surface area (TPSA) is 123 Å². The third-order valence-corrected chi connectivity index (χ3v) is 6.38. The molecule has 9 nitrogen and oxygen atoms in total. The molecule has 0 unspecified atom stereocenters. The van der Waals surface area contributed by atoms with Crippen molar-refractivity contribution in [2.75, 3.05) is 30.8 Å². The Kier molecular flexibility index (Phi) is 7.80. The van der Waals surface area contributed by atoms with Gasteiger partial charge in [-0.15, -0.1) is 0 Å². The maximum atomic E-state index is 15.3. The fraction of sp³-hybridized carbons (Fsp3) is 0.286. The van der Waals surface area contributed by atoms with Gasteiger partial charge in [-0.1, -0.05) is 32.0 Å². The lowest BCUT2D eigenvalue weighted by atomic mass is 9.99. The van der Waals surface area contributed by atoms with Gasteiger partial charge in [-0.05, 0) is 42.7 Å². The highest BCUT2D eigenvalue weighted by molar-refractivity contribution is 5.84. The molecule has 0 spiro atoms. The van der Waals surface area contributed by atoms with Gasteiger partial charge in [-0.2, -0.15) is 0 Å². The van der Waals surface area contributed by atoms with E-state index in [0.29, 0.717) is 11.4 Å². The van der Waals surface area contributed by atoms with E-state index in [1.54, 1.807) is 24.9 Å². The van der Waals surface area contributed by atoms with Crippen LogP contribution in [-0.4, -0.2) is 40.7 Å². The van der Waals surface area contributed by atoms with Crippen molar-refractivity contribution in [3.05, 3.63) is 80.5 Å². The zero-order chi connectivity index (χ0) is 28.4. The second kappa shape index (κ2) is 11.1. The molecule has 0 aliphatic carbocycles. The molecule has 2 aromatic carbocycles. The number of hydrogen-bond acceptors (Lipinski definition) is 7. The fourth-order valence-corrected chi connectivity index (χ4v) is 4.49. The van der Waals surface area contributed by atoms with Crippen molar-refractivity contribution in [3.8, 4) is 16.9 Å². The van der Waals surface area contributed by atoms with E-state index in [-0.39, 0.29) is 53.7 Å². The van der Waals surface area contributed by atoms with E-state index in [0.717, 1.165) is 17.7 Å². The van der Waals surface area contributed by atoms with Gasteiger partial charge < -0.3 is 15.4 Å². The summed E-state index contributed by atoms with van der Waals surface area (Å²) in [6, 6.07) is 10.2. The minimum absolute atomic E-state index is 0.0542. The Morgan fingerprint density at radius 2 is 1.87 bits per heavy atom. The quantitative estimate of drug-likeness (QED) is 0.256. The lowest BCUT2D eigenvalue weighted by Gasteiger charge is -2.26. The minimum atomic E-state index is -0.973. The number of H-pyrrole nitrogens is 1. The first-order valence-corrected chi connectivity index (χ1v) is 12.4. The number of pyridine rings is 1. The summed E-state index contributed by atoms with van der Waals surface area (Å²) in [7, 11) is 1.75.